The van der Waals surface area contributed by atoms with E-state index in [1.165, 1.54) is 6.26 Å². The summed E-state index contributed by atoms with van der Waals surface area (Å²) < 4.78 is 10.9. The van der Waals surface area contributed by atoms with Crippen molar-refractivity contribution in [1.82, 2.24) is 0 Å². The molecule has 3 aromatic rings. The van der Waals surface area contributed by atoms with Crippen LogP contribution >= 0.6 is 0 Å². The summed E-state index contributed by atoms with van der Waals surface area (Å²) in [4.78, 5) is 23.4. The summed E-state index contributed by atoms with van der Waals surface area (Å²) in [5.74, 6) is -0.0419. The second-order valence-electron chi connectivity index (χ2n) is 5.27. The van der Waals surface area contributed by atoms with E-state index in [9.17, 15) is 9.59 Å². The van der Waals surface area contributed by atoms with Gasteiger partial charge >= 0.3 is 0 Å². The van der Waals surface area contributed by atoms with Gasteiger partial charge in [0, 0.05) is 16.8 Å². The number of furan rings is 1. The highest BCUT2D eigenvalue weighted by atomic mass is 16.5. The highest BCUT2D eigenvalue weighted by Crippen LogP contribution is 2.18. The molecule has 3 rings (SSSR count). The predicted octanol–water partition coefficient (Wildman–Crippen LogP) is 3.21. The third kappa shape index (κ3) is 4.06. The fourth-order valence-electron chi connectivity index (χ4n) is 2.23. The molecule has 0 radical (unpaired) electrons. The van der Waals surface area contributed by atoms with Crippen molar-refractivity contribution in [2.75, 3.05) is 5.32 Å². The van der Waals surface area contributed by atoms with E-state index < -0.39 is 11.8 Å². The minimum Gasteiger partial charge on any atom is -0.489 e. The summed E-state index contributed by atoms with van der Waals surface area (Å²) in [5, 5.41) is 2.71. The molecule has 2 amide bonds. The molecule has 0 atom stereocenters. The number of para-hydroxylation sites is 1. The van der Waals surface area contributed by atoms with Crippen LogP contribution in [0, 0.1) is 0 Å². The first kappa shape index (κ1) is 16.3. The Hall–Kier alpha value is -3.54. The largest absolute Gasteiger partial charge is 0.489 e. The van der Waals surface area contributed by atoms with Crippen LogP contribution in [0.2, 0.25) is 0 Å². The average Bonchev–Trinajstić information content (AvgIpc) is 3.10. The van der Waals surface area contributed by atoms with Gasteiger partial charge < -0.3 is 20.2 Å². The molecule has 2 aromatic carbocycles. The molecular weight excluding hydrogens is 320 g/mol. The normalized spacial score (nSPS) is 10.2. The van der Waals surface area contributed by atoms with Crippen molar-refractivity contribution in [3.63, 3.8) is 0 Å². The van der Waals surface area contributed by atoms with Crippen LogP contribution in [-0.4, -0.2) is 11.8 Å². The number of anilines is 1. The number of nitrogens with two attached hydrogens (primary N) is 1. The third-order valence-corrected chi connectivity index (χ3v) is 3.52. The van der Waals surface area contributed by atoms with Gasteiger partial charge in [0.2, 0.25) is 5.91 Å². The molecule has 0 unspecified atom stereocenters. The Morgan fingerprint density at radius 2 is 1.72 bits per heavy atom. The number of nitrogens with one attached hydrogen (secondary N) is 1. The van der Waals surface area contributed by atoms with Gasteiger partial charge in [-0.2, -0.15) is 0 Å². The van der Waals surface area contributed by atoms with Crippen molar-refractivity contribution in [2.24, 2.45) is 5.73 Å². The van der Waals surface area contributed by atoms with Crippen LogP contribution in [0.5, 0.6) is 5.75 Å². The molecule has 1 aromatic heterocycles. The standard InChI is InChI=1S/C19H16N2O4/c20-18(22)13-6-8-15(9-7-13)21-19(23)17-14(10-11-24-17)12-25-16-4-2-1-3-5-16/h1-11H,12H2,(H2,20,22)(H,21,23). The Kier molecular flexibility index (Phi) is 4.80. The van der Waals surface area contributed by atoms with Crippen LogP contribution < -0.4 is 15.8 Å². The van der Waals surface area contributed by atoms with Gasteiger partial charge in [0.25, 0.3) is 5.91 Å². The second-order valence-corrected chi connectivity index (χ2v) is 5.27. The molecule has 126 valence electrons. The minimum atomic E-state index is -0.524. The average molecular weight is 336 g/mol. The lowest BCUT2D eigenvalue weighted by Crippen LogP contribution is -2.14. The lowest BCUT2D eigenvalue weighted by molar-refractivity contribution is 0.0989. The maximum Gasteiger partial charge on any atom is 0.291 e. The van der Waals surface area contributed by atoms with Gasteiger partial charge in [0.1, 0.15) is 12.4 Å². The van der Waals surface area contributed by atoms with Crippen LogP contribution in [0.4, 0.5) is 5.69 Å². The van der Waals surface area contributed by atoms with Crippen LogP contribution in [0.25, 0.3) is 0 Å². The number of hydrogen-bond acceptors (Lipinski definition) is 4. The topological polar surface area (TPSA) is 94.6 Å². The van der Waals surface area contributed by atoms with Gasteiger partial charge in [-0.25, -0.2) is 0 Å². The van der Waals surface area contributed by atoms with E-state index in [4.69, 9.17) is 14.9 Å². The molecule has 6 nitrogen and oxygen atoms in total. The molecule has 0 aliphatic rings. The first-order chi connectivity index (χ1) is 12.1. The first-order valence-electron chi connectivity index (χ1n) is 7.59. The number of ether oxygens (including phenoxy) is 1. The number of carbonyl (C=O) groups excluding carboxylic acids is 2. The number of rotatable bonds is 6. The molecule has 1 heterocycles. The van der Waals surface area contributed by atoms with Crippen molar-refractivity contribution < 1.29 is 18.7 Å². The zero-order valence-corrected chi connectivity index (χ0v) is 13.3. The minimum absolute atomic E-state index is 0.176. The summed E-state index contributed by atoms with van der Waals surface area (Å²) in [5.41, 5.74) is 6.72. The van der Waals surface area contributed by atoms with Gasteiger partial charge in [-0.15, -0.1) is 0 Å². The fourth-order valence-corrected chi connectivity index (χ4v) is 2.23. The number of carbonyl (C=O) groups is 2. The van der Waals surface area contributed by atoms with Crippen molar-refractivity contribution in [3.8, 4) is 5.75 Å². The number of hydrogen-bond donors (Lipinski definition) is 2. The predicted molar refractivity (Wildman–Crippen MR) is 92.4 cm³/mol. The van der Waals surface area contributed by atoms with E-state index in [-0.39, 0.29) is 12.4 Å². The van der Waals surface area contributed by atoms with Crippen LogP contribution in [0.15, 0.2) is 71.3 Å². The van der Waals surface area contributed by atoms with E-state index in [1.54, 1.807) is 30.3 Å². The van der Waals surface area contributed by atoms with E-state index >= 15 is 0 Å². The zero-order valence-electron chi connectivity index (χ0n) is 13.3. The van der Waals surface area contributed by atoms with E-state index in [1.807, 2.05) is 30.3 Å². The summed E-state index contributed by atoms with van der Waals surface area (Å²) in [6.45, 7) is 0.212. The SMILES string of the molecule is NC(=O)c1ccc(NC(=O)c2occc2COc2ccccc2)cc1. The van der Waals surface area contributed by atoms with E-state index in [2.05, 4.69) is 5.32 Å². The molecule has 0 bridgehead atoms. The molecule has 0 spiro atoms. The molecular formula is C19H16N2O4. The Bertz CT molecular complexity index is 870. The van der Waals surface area contributed by atoms with Crippen LogP contribution in [0.1, 0.15) is 26.5 Å². The molecule has 0 fully saturated rings. The Labute approximate surface area is 144 Å². The summed E-state index contributed by atoms with van der Waals surface area (Å²) in [6, 6.07) is 17.3. The lowest BCUT2D eigenvalue weighted by Gasteiger charge is -2.07. The van der Waals surface area contributed by atoms with Gasteiger partial charge in [0.05, 0.1) is 6.26 Å². The Morgan fingerprint density at radius 3 is 2.40 bits per heavy atom. The van der Waals surface area contributed by atoms with Crippen molar-refractivity contribution in [2.45, 2.75) is 6.61 Å². The van der Waals surface area contributed by atoms with Gasteiger partial charge in [-0.05, 0) is 42.5 Å². The van der Waals surface area contributed by atoms with Crippen LogP contribution in [0.3, 0.4) is 0 Å². The molecule has 25 heavy (non-hydrogen) atoms. The molecule has 0 saturated carbocycles. The quantitative estimate of drug-likeness (QED) is 0.722. The van der Waals surface area contributed by atoms with E-state index in [0.717, 1.165) is 0 Å². The number of primary amides is 1. The molecule has 0 saturated heterocycles. The van der Waals surface area contributed by atoms with Gasteiger partial charge in [-0.1, -0.05) is 18.2 Å². The maximum absolute atomic E-state index is 12.4. The smallest absolute Gasteiger partial charge is 0.291 e. The lowest BCUT2D eigenvalue weighted by atomic mass is 10.2. The monoisotopic (exact) mass is 336 g/mol. The number of benzene rings is 2. The number of amides is 2. The van der Waals surface area contributed by atoms with Crippen LogP contribution in [-0.2, 0) is 6.61 Å². The first-order valence-corrected chi connectivity index (χ1v) is 7.59. The van der Waals surface area contributed by atoms with Gasteiger partial charge in [0.15, 0.2) is 5.76 Å². The Balaban J connectivity index is 1.66. The highest BCUT2D eigenvalue weighted by molar-refractivity contribution is 6.03. The second kappa shape index (κ2) is 7.35. The van der Waals surface area contributed by atoms with Crippen molar-refractivity contribution in [1.29, 1.82) is 0 Å². The summed E-state index contributed by atoms with van der Waals surface area (Å²) >= 11 is 0. The van der Waals surface area contributed by atoms with Crippen molar-refractivity contribution in [3.05, 3.63) is 83.8 Å². The summed E-state index contributed by atoms with van der Waals surface area (Å²) in [7, 11) is 0. The molecule has 3 N–H and O–H groups in total. The third-order valence-electron chi connectivity index (χ3n) is 3.52. The fraction of sp³-hybridized carbons (Fsp3) is 0.0526. The maximum atomic E-state index is 12.4. The van der Waals surface area contributed by atoms with Crippen molar-refractivity contribution >= 4 is 17.5 Å². The van der Waals surface area contributed by atoms with Gasteiger partial charge in [-0.3, -0.25) is 9.59 Å². The Morgan fingerprint density at radius 1 is 1.00 bits per heavy atom. The molecule has 0 aliphatic carbocycles. The molecule has 6 heteroatoms. The summed E-state index contributed by atoms with van der Waals surface area (Å²) in [6.07, 6.45) is 1.44. The highest BCUT2D eigenvalue weighted by Gasteiger charge is 2.16. The molecule has 0 aliphatic heterocycles. The van der Waals surface area contributed by atoms with E-state index in [0.29, 0.717) is 22.6 Å². The zero-order chi connectivity index (χ0) is 17.6.